The van der Waals surface area contributed by atoms with Crippen LogP contribution in [-0.2, 0) is 4.74 Å². The maximum atomic E-state index is 5.72. The molecule has 104 valence electrons. The van der Waals surface area contributed by atoms with Crippen molar-refractivity contribution in [3.05, 3.63) is 29.8 Å². The summed E-state index contributed by atoms with van der Waals surface area (Å²) in [5, 5.41) is 3.51. The molecule has 2 rings (SSSR count). The number of rotatable bonds is 6. The minimum Gasteiger partial charge on any atom is -0.494 e. The fourth-order valence-corrected chi connectivity index (χ4v) is 2.07. The van der Waals surface area contributed by atoms with Gasteiger partial charge in [0.15, 0.2) is 0 Å². The number of benzene rings is 1. The van der Waals surface area contributed by atoms with Crippen LogP contribution in [0.1, 0.15) is 12.0 Å². The van der Waals surface area contributed by atoms with E-state index in [2.05, 4.69) is 10.0 Å². The molecule has 2 N–H and O–H groups in total. The third-order valence-corrected chi connectivity index (χ3v) is 3.07. The molecule has 0 bridgehead atoms. The highest BCUT2D eigenvalue weighted by atomic mass is 16.5. The summed E-state index contributed by atoms with van der Waals surface area (Å²) in [7, 11) is 0. The summed E-state index contributed by atoms with van der Waals surface area (Å²) in [4.78, 5) is 2.41. The summed E-state index contributed by atoms with van der Waals surface area (Å²) in [5.41, 5.74) is 0.952. The standard InChI is InChI=1S/C14H21N3O2/c15-16-12-13-3-1-4-14(11-13)19-8-2-5-17-6-9-18-10-7-17/h1,3-4,11-12H,2,5-10,15H2. The van der Waals surface area contributed by atoms with E-state index in [4.69, 9.17) is 15.3 Å². The molecular weight excluding hydrogens is 242 g/mol. The van der Waals surface area contributed by atoms with E-state index >= 15 is 0 Å². The van der Waals surface area contributed by atoms with Crippen molar-refractivity contribution >= 4 is 6.21 Å². The average Bonchev–Trinajstić information content (AvgIpc) is 2.46. The number of hydrazone groups is 1. The van der Waals surface area contributed by atoms with Crippen molar-refractivity contribution in [2.24, 2.45) is 10.9 Å². The Hall–Kier alpha value is -1.59. The van der Waals surface area contributed by atoms with Gasteiger partial charge in [0.1, 0.15) is 5.75 Å². The number of nitrogens with two attached hydrogens (primary N) is 1. The molecule has 0 aromatic heterocycles. The van der Waals surface area contributed by atoms with E-state index in [0.717, 1.165) is 57.2 Å². The second-order valence-corrected chi connectivity index (χ2v) is 4.51. The third-order valence-electron chi connectivity index (χ3n) is 3.07. The van der Waals surface area contributed by atoms with Gasteiger partial charge >= 0.3 is 0 Å². The van der Waals surface area contributed by atoms with Crippen LogP contribution in [0.3, 0.4) is 0 Å². The molecule has 0 radical (unpaired) electrons. The van der Waals surface area contributed by atoms with Crippen molar-refractivity contribution in [3.8, 4) is 5.75 Å². The van der Waals surface area contributed by atoms with E-state index in [1.807, 2.05) is 24.3 Å². The molecule has 5 heteroatoms. The second kappa shape index (κ2) is 7.76. The van der Waals surface area contributed by atoms with E-state index in [1.165, 1.54) is 0 Å². The Labute approximate surface area is 114 Å². The Balaban J connectivity index is 1.68. The topological polar surface area (TPSA) is 60.1 Å². The Morgan fingerprint density at radius 3 is 3.00 bits per heavy atom. The van der Waals surface area contributed by atoms with Gasteiger partial charge in [0, 0.05) is 19.6 Å². The number of hydrogen-bond donors (Lipinski definition) is 1. The average molecular weight is 263 g/mol. The third kappa shape index (κ3) is 4.89. The first-order valence-corrected chi connectivity index (χ1v) is 6.65. The number of hydrogen-bond acceptors (Lipinski definition) is 5. The summed E-state index contributed by atoms with van der Waals surface area (Å²) < 4.78 is 11.0. The lowest BCUT2D eigenvalue weighted by Gasteiger charge is -2.26. The highest BCUT2D eigenvalue weighted by molar-refractivity contribution is 5.79. The van der Waals surface area contributed by atoms with Gasteiger partial charge in [0.2, 0.25) is 0 Å². The molecule has 0 aliphatic carbocycles. The molecule has 1 heterocycles. The van der Waals surface area contributed by atoms with Crippen molar-refractivity contribution in [1.82, 2.24) is 4.90 Å². The Morgan fingerprint density at radius 1 is 1.37 bits per heavy atom. The van der Waals surface area contributed by atoms with Crippen LogP contribution >= 0.6 is 0 Å². The SMILES string of the molecule is NN=Cc1cccc(OCCCN2CCOCC2)c1. The molecule has 1 aromatic carbocycles. The summed E-state index contributed by atoms with van der Waals surface area (Å²) in [6, 6.07) is 7.76. The minimum atomic E-state index is 0.723. The highest BCUT2D eigenvalue weighted by Crippen LogP contribution is 2.12. The predicted molar refractivity (Wildman–Crippen MR) is 75.6 cm³/mol. The van der Waals surface area contributed by atoms with Crippen LogP contribution in [0.15, 0.2) is 29.4 Å². The largest absolute Gasteiger partial charge is 0.494 e. The van der Waals surface area contributed by atoms with Crippen molar-refractivity contribution in [2.75, 3.05) is 39.5 Å². The first-order chi connectivity index (χ1) is 9.38. The van der Waals surface area contributed by atoms with Crippen LogP contribution in [0.2, 0.25) is 0 Å². The lowest BCUT2D eigenvalue weighted by atomic mass is 10.2. The minimum absolute atomic E-state index is 0.723. The van der Waals surface area contributed by atoms with Gasteiger partial charge in [-0.25, -0.2) is 0 Å². The van der Waals surface area contributed by atoms with Gasteiger partial charge in [-0.15, -0.1) is 0 Å². The van der Waals surface area contributed by atoms with Crippen molar-refractivity contribution in [3.63, 3.8) is 0 Å². The van der Waals surface area contributed by atoms with Gasteiger partial charge in [-0.2, -0.15) is 5.10 Å². The zero-order chi connectivity index (χ0) is 13.3. The molecule has 19 heavy (non-hydrogen) atoms. The quantitative estimate of drug-likeness (QED) is 0.361. The van der Waals surface area contributed by atoms with E-state index in [1.54, 1.807) is 6.21 Å². The van der Waals surface area contributed by atoms with Gasteiger partial charge in [-0.1, -0.05) is 12.1 Å². The summed E-state index contributed by atoms with van der Waals surface area (Å²) in [6.45, 7) is 5.54. The molecule has 1 fully saturated rings. The molecule has 0 atom stereocenters. The van der Waals surface area contributed by atoms with E-state index in [9.17, 15) is 0 Å². The maximum Gasteiger partial charge on any atom is 0.119 e. The zero-order valence-electron chi connectivity index (χ0n) is 11.1. The van der Waals surface area contributed by atoms with E-state index in [0.29, 0.717) is 0 Å². The van der Waals surface area contributed by atoms with Gasteiger partial charge in [-0.05, 0) is 24.1 Å². The Kier molecular flexibility index (Phi) is 5.65. The predicted octanol–water partition coefficient (Wildman–Crippen LogP) is 1.08. The first kappa shape index (κ1) is 13.8. The van der Waals surface area contributed by atoms with Gasteiger partial charge in [0.25, 0.3) is 0 Å². The summed E-state index contributed by atoms with van der Waals surface area (Å²) >= 11 is 0. The van der Waals surface area contributed by atoms with Crippen LogP contribution < -0.4 is 10.6 Å². The van der Waals surface area contributed by atoms with Crippen molar-refractivity contribution < 1.29 is 9.47 Å². The lowest BCUT2D eigenvalue weighted by Crippen LogP contribution is -2.37. The first-order valence-electron chi connectivity index (χ1n) is 6.65. The molecule has 1 saturated heterocycles. The number of morpholine rings is 1. The molecule has 1 aromatic rings. The summed E-state index contributed by atoms with van der Waals surface area (Å²) in [5.74, 6) is 5.99. The van der Waals surface area contributed by atoms with Crippen molar-refractivity contribution in [2.45, 2.75) is 6.42 Å². The zero-order valence-corrected chi connectivity index (χ0v) is 11.1. The van der Waals surface area contributed by atoms with Gasteiger partial charge < -0.3 is 15.3 Å². The number of nitrogens with zero attached hydrogens (tertiary/aromatic N) is 2. The molecule has 0 amide bonds. The molecule has 1 aliphatic rings. The Bertz CT molecular complexity index is 403. The highest BCUT2D eigenvalue weighted by Gasteiger charge is 2.09. The summed E-state index contributed by atoms with van der Waals surface area (Å²) in [6.07, 6.45) is 2.63. The van der Waals surface area contributed by atoms with Gasteiger partial charge in [-0.3, -0.25) is 4.90 Å². The van der Waals surface area contributed by atoms with E-state index < -0.39 is 0 Å². The van der Waals surface area contributed by atoms with Gasteiger partial charge in [0.05, 0.1) is 26.0 Å². The molecule has 5 nitrogen and oxygen atoms in total. The van der Waals surface area contributed by atoms with Crippen LogP contribution in [0.4, 0.5) is 0 Å². The van der Waals surface area contributed by atoms with E-state index in [-0.39, 0.29) is 0 Å². The normalized spacial score (nSPS) is 16.8. The monoisotopic (exact) mass is 263 g/mol. The van der Waals surface area contributed by atoms with Crippen LogP contribution in [0.5, 0.6) is 5.75 Å². The number of ether oxygens (including phenoxy) is 2. The fraction of sp³-hybridized carbons (Fsp3) is 0.500. The van der Waals surface area contributed by atoms with Crippen LogP contribution in [0, 0.1) is 0 Å². The molecular formula is C14H21N3O2. The maximum absolute atomic E-state index is 5.72. The smallest absolute Gasteiger partial charge is 0.119 e. The second-order valence-electron chi connectivity index (χ2n) is 4.51. The molecule has 1 aliphatic heterocycles. The van der Waals surface area contributed by atoms with Crippen LogP contribution in [0.25, 0.3) is 0 Å². The molecule has 0 saturated carbocycles. The molecule has 0 unspecified atom stereocenters. The van der Waals surface area contributed by atoms with Crippen molar-refractivity contribution in [1.29, 1.82) is 0 Å². The Morgan fingerprint density at radius 2 is 2.21 bits per heavy atom. The molecule has 0 spiro atoms. The lowest BCUT2D eigenvalue weighted by molar-refractivity contribution is 0.0358. The fourth-order valence-electron chi connectivity index (χ4n) is 2.07. The van der Waals surface area contributed by atoms with Crippen LogP contribution in [-0.4, -0.2) is 50.6 Å².